The highest BCUT2D eigenvalue weighted by atomic mass is 32.2. The maximum absolute atomic E-state index is 12.6. The Morgan fingerprint density at radius 1 is 1.22 bits per heavy atom. The van der Waals surface area contributed by atoms with Crippen molar-refractivity contribution in [2.45, 2.75) is 43.9 Å². The van der Waals surface area contributed by atoms with Crippen molar-refractivity contribution in [2.75, 3.05) is 6.54 Å². The summed E-state index contributed by atoms with van der Waals surface area (Å²) in [5, 5.41) is 2.89. The number of hydrogen-bond donors (Lipinski definition) is 2. The summed E-state index contributed by atoms with van der Waals surface area (Å²) in [6.45, 7) is 1.55. The molecule has 0 aromatic heterocycles. The highest BCUT2D eigenvalue weighted by molar-refractivity contribution is 7.90. The van der Waals surface area contributed by atoms with E-state index in [0.29, 0.717) is 17.9 Å². The van der Waals surface area contributed by atoms with Gasteiger partial charge in [-0.15, -0.1) is 0 Å². The molecule has 23 heavy (non-hydrogen) atoms. The van der Waals surface area contributed by atoms with Crippen LogP contribution in [0, 0.1) is 11.8 Å². The van der Waals surface area contributed by atoms with Crippen molar-refractivity contribution in [3.63, 3.8) is 0 Å². The summed E-state index contributed by atoms with van der Waals surface area (Å²) >= 11 is 0. The molecule has 1 heterocycles. The summed E-state index contributed by atoms with van der Waals surface area (Å²) in [6.07, 6.45) is 4.60. The van der Waals surface area contributed by atoms with Crippen LogP contribution in [0.4, 0.5) is 0 Å². The number of benzene rings is 1. The quantitative estimate of drug-likeness (QED) is 0.880. The normalized spacial score (nSPS) is 29.3. The fourth-order valence-electron chi connectivity index (χ4n) is 4.57. The Balaban J connectivity index is 1.56. The van der Waals surface area contributed by atoms with E-state index in [-0.39, 0.29) is 11.2 Å². The number of hydrogen-bond acceptors (Lipinski definition) is 4. The van der Waals surface area contributed by atoms with Gasteiger partial charge in [-0.25, -0.2) is 13.1 Å². The molecule has 4 rings (SSSR count). The minimum absolute atomic E-state index is 0.235. The van der Waals surface area contributed by atoms with Gasteiger partial charge in [0.05, 0.1) is 5.25 Å². The maximum atomic E-state index is 12.6. The van der Waals surface area contributed by atoms with Crippen LogP contribution in [0.2, 0.25) is 0 Å². The van der Waals surface area contributed by atoms with Crippen molar-refractivity contribution in [2.24, 2.45) is 11.8 Å². The predicted molar refractivity (Wildman–Crippen MR) is 87.5 cm³/mol. The van der Waals surface area contributed by atoms with E-state index in [2.05, 4.69) is 10.0 Å². The van der Waals surface area contributed by atoms with E-state index in [0.717, 1.165) is 49.9 Å². The van der Waals surface area contributed by atoms with Crippen LogP contribution < -0.4 is 10.0 Å². The van der Waals surface area contributed by atoms with Crippen molar-refractivity contribution in [1.82, 2.24) is 10.0 Å². The zero-order valence-electron chi connectivity index (χ0n) is 13.0. The van der Waals surface area contributed by atoms with Gasteiger partial charge in [0.25, 0.3) is 5.91 Å². The van der Waals surface area contributed by atoms with Gasteiger partial charge >= 0.3 is 0 Å². The molecule has 0 spiro atoms. The van der Waals surface area contributed by atoms with Crippen LogP contribution in [-0.2, 0) is 23.0 Å². The third kappa shape index (κ3) is 2.68. The Bertz CT molecular complexity index is 744. The van der Waals surface area contributed by atoms with Crippen molar-refractivity contribution < 1.29 is 13.2 Å². The van der Waals surface area contributed by atoms with Gasteiger partial charge in [-0.05, 0) is 61.3 Å². The zero-order valence-corrected chi connectivity index (χ0v) is 13.9. The molecule has 3 atom stereocenters. The van der Waals surface area contributed by atoms with Crippen LogP contribution in [0.3, 0.4) is 0 Å². The van der Waals surface area contributed by atoms with Crippen LogP contribution >= 0.6 is 0 Å². The highest BCUT2D eigenvalue weighted by Gasteiger charge is 2.46. The molecule has 124 valence electrons. The summed E-state index contributed by atoms with van der Waals surface area (Å²) in [7, 11) is -3.58. The van der Waals surface area contributed by atoms with Gasteiger partial charge < -0.3 is 5.32 Å². The predicted octanol–water partition coefficient (Wildman–Crippen LogP) is 1.58. The Morgan fingerprint density at radius 2 is 2.09 bits per heavy atom. The second kappa shape index (κ2) is 5.60. The van der Waals surface area contributed by atoms with Crippen LogP contribution in [-0.4, -0.2) is 26.1 Å². The van der Waals surface area contributed by atoms with Crippen molar-refractivity contribution >= 4 is 15.9 Å². The maximum Gasteiger partial charge on any atom is 0.265 e. The lowest BCUT2D eigenvalue weighted by Gasteiger charge is -2.23. The Morgan fingerprint density at radius 3 is 2.83 bits per heavy atom. The molecule has 2 N–H and O–H groups in total. The fourth-order valence-corrected chi connectivity index (χ4v) is 6.37. The first-order valence-corrected chi connectivity index (χ1v) is 9.96. The van der Waals surface area contributed by atoms with E-state index < -0.39 is 15.9 Å². The van der Waals surface area contributed by atoms with Gasteiger partial charge in [-0.3, -0.25) is 4.79 Å². The third-order valence-electron chi connectivity index (χ3n) is 5.69. The second-order valence-electron chi connectivity index (χ2n) is 7.06. The molecule has 6 heteroatoms. The van der Waals surface area contributed by atoms with E-state index in [1.54, 1.807) is 6.07 Å². The lowest BCUT2D eigenvalue weighted by atomic mass is 9.95. The zero-order chi connectivity index (χ0) is 16.0. The minimum Gasteiger partial charge on any atom is -0.312 e. The largest absolute Gasteiger partial charge is 0.312 e. The molecular formula is C17H22N2O3S. The number of carbonyl (C=O) groups is 1. The summed E-state index contributed by atoms with van der Waals surface area (Å²) in [5.41, 5.74) is 2.57. The first kappa shape index (κ1) is 15.1. The van der Waals surface area contributed by atoms with Gasteiger partial charge in [0.15, 0.2) is 0 Å². The average Bonchev–Trinajstić information content (AvgIpc) is 3.17. The lowest BCUT2D eigenvalue weighted by Crippen LogP contribution is -2.41. The van der Waals surface area contributed by atoms with Gasteiger partial charge in [0.2, 0.25) is 10.0 Å². The summed E-state index contributed by atoms with van der Waals surface area (Å²) in [6, 6.07) is 5.55. The molecule has 2 bridgehead atoms. The molecule has 0 radical (unpaired) electrons. The molecule has 2 aliphatic carbocycles. The Kier molecular flexibility index (Phi) is 3.69. The monoisotopic (exact) mass is 334 g/mol. The number of rotatable bonds is 3. The number of nitrogens with one attached hydrogen (secondary N) is 2. The minimum atomic E-state index is -3.58. The molecule has 1 aromatic rings. The SMILES string of the molecule is O=C(NS(=O)(=O)C1C[C@@H]2CC[C@H]1C2)c1cccc2c1CCNC2. The van der Waals surface area contributed by atoms with E-state index in [9.17, 15) is 13.2 Å². The molecule has 5 nitrogen and oxygen atoms in total. The van der Waals surface area contributed by atoms with Crippen LogP contribution in [0.25, 0.3) is 0 Å². The van der Waals surface area contributed by atoms with Gasteiger partial charge in [-0.1, -0.05) is 18.6 Å². The average molecular weight is 334 g/mol. The molecular weight excluding hydrogens is 312 g/mol. The molecule has 2 fully saturated rings. The summed E-state index contributed by atoms with van der Waals surface area (Å²) in [5.74, 6) is 0.304. The Hall–Kier alpha value is -1.40. The molecule has 2 saturated carbocycles. The van der Waals surface area contributed by atoms with E-state index in [1.165, 1.54) is 0 Å². The number of amides is 1. The molecule has 0 saturated heterocycles. The van der Waals surface area contributed by atoms with E-state index >= 15 is 0 Å². The van der Waals surface area contributed by atoms with Gasteiger partial charge in [0.1, 0.15) is 0 Å². The molecule has 1 aromatic carbocycles. The molecule has 1 unspecified atom stereocenters. The highest BCUT2D eigenvalue weighted by Crippen LogP contribution is 2.47. The van der Waals surface area contributed by atoms with Crippen LogP contribution in [0.1, 0.15) is 47.2 Å². The molecule has 1 aliphatic heterocycles. The molecule has 1 amide bonds. The van der Waals surface area contributed by atoms with Crippen LogP contribution in [0.15, 0.2) is 18.2 Å². The summed E-state index contributed by atoms with van der Waals surface area (Å²) < 4.78 is 27.6. The fraction of sp³-hybridized carbons (Fsp3) is 0.588. The smallest absolute Gasteiger partial charge is 0.265 e. The topological polar surface area (TPSA) is 75.3 Å². The van der Waals surface area contributed by atoms with Gasteiger partial charge in [-0.2, -0.15) is 0 Å². The number of fused-ring (bicyclic) bond motifs is 3. The third-order valence-corrected chi connectivity index (χ3v) is 7.54. The van der Waals surface area contributed by atoms with E-state index in [4.69, 9.17) is 0 Å². The molecule has 3 aliphatic rings. The van der Waals surface area contributed by atoms with Crippen molar-refractivity contribution in [3.05, 3.63) is 34.9 Å². The van der Waals surface area contributed by atoms with Crippen LogP contribution in [0.5, 0.6) is 0 Å². The van der Waals surface area contributed by atoms with Crippen molar-refractivity contribution in [1.29, 1.82) is 0 Å². The standard InChI is InChI=1S/C17H22N2O3S/c20-17(15-3-1-2-13-10-18-7-6-14(13)15)19-23(21,22)16-9-11-4-5-12(16)8-11/h1-3,11-12,16,18H,4-10H2,(H,19,20)/t11-,12+,16?/m1/s1. The first-order valence-electron chi connectivity index (χ1n) is 8.42. The van der Waals surface area contributed by atoms with Crippen molar-refractivity contribution in [3.8, 4) is 0 Å². The lowest BCUT2D eigenvalue weighted by molar-refractivity contribution is 0.0979. The van der Waals surface area contributed by atoms with E-state index in [1.807, 2.05) is 12.1 Å². The first-order chi connectivity index (χ1) is 11.0. The summed E-state index contributed by atoms with van der Waals surface area (Å²) in [4.78, 5) is 12.6. The Labute approximate surface area is 136 Å². The van der Waals surface area contributed by atoms with Gasteiger partial charge in [0, 0.05) is 12.1 Å². The second-order valence-corrected chi connectivity index (χ2v) is 8.96. The number of sulfonamides is 1. The number of carbonyl (C=O) groups excluding carboxylic acids is 1.